The number of methoxy groups -OCH3 is 2. The van der Waals surface area contributed by atoms with E-state index in [1.54, 1.807) is 12.1 Å². The standard InChI is InChI=1S/C23H18ClN3O3/c1-29-19-13-20(30-2)18(12-16(19)24)25-23(28)21-15-10-6-7-11-17(15)26-27-22(21)14-8-4-3-5-9-14/h3-13H,1-2H3,(H,25,28). The van der Waals surface area contributed by atoms with E-state index in [9.17, 15) is 4.79 Å². The van der Waals surface area contributed by atoms with Gasteiger partial charge < -0.3 is 14.8 Å². The number of anilines is 1. The lowest BCUT2D eigenvalue weighted by molar-refractivity contribution is 0.102. The Morgan fingerprint density at radius 3 is 2.33 bits per heavy atom. The molecule has 30 heavy (non-hydrogen) atoms. The number of hydrogen-bond acceptors (Lipinski definition) is 5. The molecule has 1 amide bonds. The largest absolute Gasteiger partial charge is 0.495 e. The van der Waals surface area contributed by atoms with E-state index in [0.717, 1.165) is 5.56 Å². The number of benzene rings is 3. The summed E-state index contributed by atoms with van der Waals surface area (Å²) in [5.74, 6) is 0.532. The van der Waals surface area contributed by atoms with E-state index in [1.807, 2.05) is 54.6 Å². The zero-order chi connectivity index (χ0) is 21.1. The molecule has 1 aromatic heterocycles. The SMILES string of the molecule is COc1cc(OC)c(NC(=O)c2c(-c3ccccc3)nnc3ccccc23)cc1Cl. The van der Waals surface area contributed by atoms with Gasteiger partial charge >= 0.3 is 0 Å². The van der Waals surface area contributed by atoms with Crippen LogP contribution in [-0.4, -0.2) is 30.3 Å². The van der Waals surface area contributed by atoms with Crippen LogP contribution in [0, 0.1) is 0 Å². The fourth-order valence-corrected chi connectivity index (χ4v) is 3.46. The molecule has 0 unspecified atom stereocenters. The molecule has 4 rings (SSSR count). The lowest BCUT2D eigenvalue weighted by Crippen LogP contribution is -2.16. The fourth-order valence-electron chi connectivity index (χ4n) is 3.22. The van der Waals surface area contributed by atoms with Crippen molar-refractivity contribution in [2.45, 2.75) is 0 Å². The third-order valence-electron chi connectivity index (χ3n) is 4.66. The molecular formula is C23H18ClN3O3. The van der Waals surface area contributed by atoms with E-state index >= 15 is 0 Å². The van der Waals surface area contributed by atoms with Crippen molar-refractivity contribution in [1.29, 1.82) is 0 Å². The summed E-state index contributed by atoms with van der Waals surface area (Å²) in [5, 5.41) is 12.6. The van der Waals surface area contributed by atoms with Gasteiger partial charge in [0.05, 0.1) is 36.0 Å². The van der Waals surface area contributed by atoms with E-state index in [4.69, 9.17) is 21.1 Å². The molecule has 3 aromatic carbocycles. The molecular weight excluding hydrogens is 402 g/mol. The zero-order valence-corrected chi connectivity index (χ0v) is 17.1. The molecule has 1 heterocycles. The molecule has 0 aliphatic heterocycles. The third-order valence-corrected chi connectivity index (χ3v) is 4.96. The van der Waals surface area contributed by atoms with Crippen LogP contribution in [0.25, 0.3) is 22.2 Å². The number of carbonyl (C=O) groups excluding carboxylic acids is 1. The van der Waals surface area contributed by atoms with Crippen LogP contribution in [0.15, 0.2) is 66.7 Å². The van der Waals surface area contributed by atoms with Gasteiger partial charge in [-0.2, -0.15) is 0 Å². The summed E-state index contributed by atoms with van der Waals surface area (Å²) in [5.41, 5.74) is 2.75. The van der Waals surface area contributed by atoms with Crippen LogP contribution in [0.3, 0.4) is 0 Å². The smallest absolute Gasteiger partial charge is 0.258 e. The summed E-state index contributed by atoms with van der Waals surface area (Å²) >= 11 is 6.26. The summed E-state index contributed by atoms with van der Waals surface area (Å²) in [6.07, 6.45) is 0. The van der Waals surface area contributed by atoms with Crippen molar-refractivity contribution in [2.24, 2.45) is 0 Å². The lowest BCUT2D eigenvalue weighted by atomic mass is 10.0. The second-order valence-corrected chi connectivity index (χ2v) is 6.86. The van der Waals surface area contributed by atoms with Crippen molar-refractivity contribution in [3.05, 3.63) is 77.3 Å². The van der Waals surface area contributed by atoms with Gasteiger partial charge in [-0.1, -0.05) is 60.1 Å². The first-order valence-corrected chi connectivity index (χ1v) is 9.54. The number of hydrogen-bond donors (Lipinski definition) is 1. The Hall–Kier alpha value is -3.64. The Balaban J connectivity index is 1.85. The van der Waals surface area contributed by atoms with E-state index in [2.05, 4.69) is 15.5 Å². The first-order valence-electron chi connectivity index (χ1n) is 9.16. The van der Waals surface area contributed by atoms with Crippen molar-refractivity contribution >= 4 is 34.1 Å². The normalized spacial score (nSPS) is 10.6. The van der Waals surface area contributed by atoms with Crippen molar-refractivity contribution in [1.82, 2.24) is 10.2 Å². The first kappa shape index (κ1) is 19.7. The highest BCUT2D eigenvalue weighted by Crippen LogP contribution is 2.37. The minimum absolute atomic E-state index is 0.348. The highest BCUT2D eigenvalue weighted by molar-refractivity contribution is 6.32. The third kappa shape index (κ3) is 3.65. The van der Waals surface area contributed by atoms with Crippen LogP contribution < -0.4 is 14.8 Å². The van der Waals surface area contributed by atoms with E-state index in [-0.39, 0.29) is 5.91 Å². The summed E-state index contributed by atoms with van der Waals surface area (Å²) in [6.45, 7) is 0. The predicted molar refractivity (Wildman–Crippen MR) is 117 cm³/mol. The van der Waals surface area contributed by atoms with E-state index in [1.165, 1.54) is 14.2 Å². The maximum absolute atomic E-state index is 13.4. The highest BCUT2D eigenvalue weighted by Gasteiger charge is 2.21. The van der Waals surface area contributed by atoms with Gasteiger partial charge in [0.15, 0.2) is 0 Å². The van der Waals surface area contributed by atoms with E-state index in [0.29, 0.717) is 44.4 Å². The van der Waals surface area contributed by atoms with E-state index < -0.39 is 0 Å². The molecule has 4 aromatic rings. The number of nitrogens with one attached hydrogen (secondary N) is 1. The van der Waals surface area contributed by atoms with Gasteiger partial charge in [0.1, 0.15) is 17.2 Å². The number of aromatic nitrogens is 2. The molecule has 0 fully saturated rings. The van der Waals surface area contributed by atoms with Crippen LogP contribution in [0.1, 0.15) is 10.4 Å². The molecule has 1 N–H and O–H groups in total. The van der Waals surface area contributed by atoms with Gasteiger partial charge in [-0.3, -0.25) is 4.79 Å². The molecule has 150 valence electrons. The zero-order valence-electron chi connectivity index (χ0n) is 16.3. The van der Waals surface area contributed by atoms with Gasteiger partial charge in [0.2, 0.25) is 0 Å². The minimum atomic E-state index is -0.348. The Morgan fingerprint density at radius 2 is 1.60 bits per heavy atom. The topological polar surface area (TPSA) is 73.3 Å². The number of fused-ring (bicyclic) bond motifs is 1. The van der Waals surface area contributed by atoms with Gasteiger partial charge in [-0.25, -0.2) is 0 Å². The molecule has 6 nitrogen and oxygen atoms in total. The van der Waals surface area contributed by atoms with Gasteiger partial charge in [-0.15, -0.1) is 10.2 Å². The lowest BCUT2D eigenvalue weighted by Gasteiger charge is -2.15. The highest BCUT2D eigenvalue weighted by atomic mass is 35.5. The number of carbonyl (C=O) groups is 1. The molecule has 0 aliphatic carbocycles. The van der Waals surface area contributed by atoms with Crippen molar-refractivity contribution < 1.29 is 14.3 Å². The average molecular weight is 420 g/mol. The van der Waals surface area contributed by atoms with Gasteiger partial charge in [0, 0.05) is 17.0 Å². The molecule has 0 saturated heterocycles. The monoisotopic (exact) mass is 419 g/mol. The number of rotatable bonds is 5. The summed E-state index contributed by atoms with van der Waals surface area (Å²) in [4.78, 5) is 13.4. The molecule has 0 bridgehead atoms. The maximum Gasteiger partial charge on any atom is 0.258 e. The Kier molecular flexibility index (Phi) is 5.50. The van der Waals surface area contributed by atoms with Crippen LogP contribution >= 0.6 is 11.6 Å². The van der Waals surface area contributed by atoms with Crippen LogP contribution in [-0.2, 0) is 0 Å². The average Bonchev–Trinajstić information content (AvgIpc) is 2.79. The van der Waals surface area contributed by atoms with Crippen molar-refractivity contribution in [3.8, 4) is 22.8 Å². The van der Waals surface area contributed by atoms with Gasteiger partial charge in [-0.05, 0) is 12.1 Å². The Bertz CT molecular complexity index is 1230. The minimum Gasteiger partial charge on any atom is -0.495 e. The van der Waals surface area contributed by atoms with Crippen LogP contribution in [0.4, 0.5) is 5.69 Å². The van der Waals surface area contributed by atoms with Crippen molar-refractivity contribution in [2.75, 3.05) is 19.5 Å². The Morgan fingerprint density at radius 1 is 0.900 bits per heavy atom. The second-order valence-electron chi connectivity index (χ2n) is 6.45. The number of ether oxygens (including phenoxy) is 2. The second kappa shape index (κ2) is 8.39. The van der Waals surface area contributed by atoms with Crippen LogP contribution in [0.5, 0.6) is 11.5 Å². The summed E-state index contributed by atoms with van der Waals surface area (Å²) in [7, 11) is 3.02. The molecule has 0 spiro atoms. The maximum atomic E-state index is 13.4. The number of amides is 1. The summed E-state index contributed by atoms with van der Waals surface area (Å²) in [6, 6.07) is 20.1. The molecule has 0 atom stereocenters. The molecule has 7 heteroatoms. The molecule has 0 saturated carbocycles. The fraction of sp³-hybridized carbons (Fsp3) is 0.0870. The van der Waals surface area contributed by atoms with Gasteiger partial charge in [0.25, 0.3) is 5.91 Å². The predicted octanol–water partition coefficient (Wildman–Crippen LogP) is 5.22. The number of nitrogens with zero attached hydrogens (tertiary/aromatic N) is 2. The van der Waals surface area contributed by atoms with Crippen LogP contribution in [0.2, 0.25) is 5.02 Å². The Labute approximate surface area is 178 Å². The summed E-state index contributed by atoms with van der Waals surface area (Å²) < 4.78 is 10.6. The molecule has 0 aliphatic rings. The quantitative estimate of drug-likeness (QED) is 0.480. The first-order chi connectivity index (χ1) is 14.6. The van der Waals surface area contributed by atoms with Crippen molar-refractivity contribution in [3.63, 3.8) is 0 Å². The molecule has 0 radical (unpaired) electrons. The number of halogens is 1.